The zero-order valence-electron chi connectivity index (χ0n) is 10.2. The Bertz CT molecular complexity index is 206. The first-order valence-corrected chi connectivity index (χ1v) is 5.89. The minimum Gasteiger partial charge on any atom is -0.465 e. The lowest BCUT2D eigenvalue weighted by Crippen LogP contribution is -2.28. The average Bonchev–Trinajstić information content (AvgIpc) is 2.10. The number of rotatable bonds is 6. The van der Waals surface area contributed by atoms with Gasteiger partial charge in [0.2, 0.25) is 0 Å². The highest BCUT2D eigenvalue weighted by atomic mass is 79.9. The second-order valence-electron chi connectivity index (χ2n) is 4.68. The van der Waals surface area contributed by atoms with E-state index in [1.807, 2.05) is 13.8 Å². The van der Waals surface area contributed by atoms with Gasteiger partial charge in [-0.3, -0.25) is 4.79 Å². The Balaban J connectivity index is 3.69. The highest BCUT2D eigenvalue weighted by Gasteiger charge is 2.25. The van der Waals surface area contributed by atoms with Crippen molar-refractivity contribution in [1.82, 2.24) is 0 Å². The van der Waals surface area contributed by atoms with Gasteiger partial charge in [0.05, 0.1) is 12.2 Å². The monoisotopic (exact) mass is 280 g/mol. The fourth-order valence-electron chi connectivity index (χ4n) is 0.936. The molecule has 0 atom stereocenters. The van der Waals surface area contributed by atoms with Crippen molar-refractivity contribution in [3.8, 4) is 0 Å². The van der Waals surface area contributed by atoms with E-state index < -0.39 is 4.32 Å². The highest BCUT2D eigenvalue weighted by molar-refractivity contribution is 9.10. The molecule has 3 nitrogen and oxygen atoms in total. The SMILES string of the molecule is COC(C)(C)CCCOC(=O)C(C)(C)Br. The molecule has 0 amide bonds. The normalized spacial score (nSPS) is 12.7. The Morgan fingerprint density at radius 2 is 1.80 bits per heavy atom. The van der Waals surface area contributed by atoms with Crippen LogP contribution in [0.4, 0.5) is 0 Å². The molecule has 0 unspecified atom stereocenters. The van der Waals surface area contributed by atoms with E-state index in [-0.39, 0.29) is 11.6 Å². The third-order valence-corrected chi connectivity index (χ3v) is 2.52. The molecular formula is C11H21BrO3. The van der Waals surface area contributed by atoms with Gasteiger partial charge in [-0.15, -0.1) is 0 Å². The van der Waals surface area contributed by atoms with Crippen molar-refractivity contribution in [3.63, 3.8) is 0 Å². The predicted molar refractivity (Wildman–Crippen MR) is 64.3 cm³/mol. The molecule has 0 radical (unpaired) electrons. The van der Waals surface area contributed by atoms with Crippen LogP contribution in [-0.4, -0.2) is 29.6 Å². The van der Waals surface area contributed by atoms with E-state index in [2.05, 4.69) is 15.9 Å². The molecular weight excluding hydrogens is 260 g/mol. The van der Waals surface area contributed by atoms with E-state index in [1.54, 1.807) is 21.0 Å². The van der Waals surface area contributed by atoms with Crippen molar-refractivity contribution in [1.29, 1.82) is 0 Å². The van der Waals surface area contributed by atoms with Crippen LogP contribution in [0, 0.1) is 0 Å². The maximum absolute atomic E-state index is 11.4. The van der Waals surface area contributed by atoms with Gasteiger partial charge in [0.1, 0.15) is 4.32 Å². The fraction of sp³-hybridized carbons (Fsp3) is 0.909. The second kappa shape index (κ2) is 5.85. The molecule has 90 valence electrons. The van der Waals surface area contributed by atoms with Gasteiger partial charge in [-0.25, -0.2) is 0 Å². The van der Waals surface area contributed by atoms with E-state index >= 15 is 0 Å². The van der Waals surface area contributed by atoms with Crippen LogP contribution < -0.4 is 0 Å². The Kier molecular flexibility index (Phi) is 5.81. The summed E-state index contributed by atoms with van der Waals surface area (Å²) in [6.45, 7) is 8.02. The summed E-state index contributed by atoms with van der Waals surface area (Å²) >= 11 is 3.25. The van der Waals surface area contributed by atoms with Gasteiger partial charge in [0.25, 0.3) is 0 Å². The fourth-order valence-corrected chi connectivity index (χ4v) is 1.05. The summed E-state index contributed by atoms with van der Waals surface area (Å²) in [6.07, 6.45) is 1.69. The molecule has 0 aromatic heterocycles. The van der Waals surface area contributed by atoms with E-state index in [9.17, 15) is 4.79 Å². The number of carbonyl (C=O) groups excluding carboxylic acids is 1. The van der Waals surface area contributed by atoms with E-state index in [0.717, 1.165) is 12.8 Å². The zero-order valence-corrected chi connectivity index (χ0v) is 11.8. The first-order chi connectivity index (χ1) is 6.69. The number of esters is 1. The smallest absolute Gasteiger partial charge is 0.322 e. The number of methoxy groups -OCH3 is 1. The molecule has 0 saturated carbocycles. The summed E-state index contributed by atoms with van der Waals surface area (Å²) in [5.41, 5.74) is -0.143. The first kappa shape index (κ1) is 14.9. The summed E-state index contributed by atoms with van der Waals surface area (Å²) in [4.78, 5) is 11.4. The number of halogens is 1. The van der Waals surface area contributed by atoms with Crippen LogP contribution in [0.15, 0.2) is 0 Å². The third kappa shape index (κ3) is 6.90. The first-order valence-electron chi connectivity index (χ1n) is 5.10. The topological polar surface area (TPSA) is 35.5 Å². The summed E-state index contributed by atoms with van der Waals surface area (Å²) in [6, 6.07) is 0. The maximum atomic E-state index is 11.4. The number of carbonyl (C=O) groups is 1. The van der Waals surface area contributed by atoms with Gasteiger partial charge in [-0.05, 0) is 40.5 Å². The zero-order chi connectivity index (χ0) is 12.1. The van der Waals surface area contributed by atoms with Crippen LogP contribution in [0.3, 0.4) is 0 Å². The summed E-state index contributed by atoms with van der Waals surface area (Å²) in [5.74, 6) is -0.224. The van der Waals surface area contributed by atoms with Gasteiger partial charge in [-0.2, -0.15) is 0 Å². The van der Waals surface area contributed by atoms with Crippen molar-refractivity contribution >= 4 is 21.9 Å². The molecule has 0 rings (SSSR count). The molecule has 0 aliphatic carbocycles. The van der Waals surface area contributed by atoms with Gasteiger partial charge in [-0.1, -0.05) is 15.9 Å². The molecule has 0 spiro atoms. The van der Waals surface area contributed by atoms with Crippen LogP contribution in [0.1, 0.15) is 40.5 Å². The molecule has 0 aliphatic rings. The molecule has 4 heteroatoms. The molecule has 0 aliphatic heterocycles. The molecule has 0 N–H and O–H groups in total. The lowest BCUT2D eigenvalue weighted by molar-refractivity contribution is -0.145. The van der Waals surface area contributed by atoms with Gasteiger partial charge >= 0.3 is 5.97 Å². The largest absolute Gasteiger partial charge is 0.465 e. The minimum atomic E-state index is -0.593. The Hall–Kier alpha value is -0.0900. The number of alkyl halides is 1. The van der Waals surface area contributed by atoms with Gasteiger partial charge in [0, 0.05) is 7.11 Å². The van der Waals surface area contributed by atoms with E-state index in [1.165, 1.54) is 0 Å². The van der Waals surface area contributed by atoms with E-state index in [4.69, 9.17) is 9.47 Å². The molecule has 0 aromatic rings. The molecule has 0 bridgehead atoms. The average molecular weight is 281 g/mol. The lowest BCUT2D eigenvalue weighted by atomic mass is 10.0. The van der Waals surface area contributed by atoms with Crippen LogP contribution in [0.2, 0.25) is 0 Å². The summed E-state index contributed by atoms with van der Waals surface area (Å²) < 4.78 is 9.77. The van der Waals surface area contributed by atoms with Gasteiger partial charge < -0.3 is 9.47 Å². The van der Waals surface area contributed by atoms with Crippen molar-refractivity contribution in [2.24, 2.45) is 0 Å². The molecule has 0 heterocycles. The number of hydrogen-bond acceptors (Lipinski definition) is 3. The quantitative estimate of drug-likeness (QED) is 0.426. The highest BCUT2D eigenvalue weighted by Crippen LogP contribution is 2.19. The third-order valence-electron chi connectivity index (χ3n) is 2.19. The van der Waals surface area contributed by atoms with Crippen molar-refractivity contribution in [3.05, 3.63) is 0 Å². The summed E-state index contributed by atoms with van der Waals surface area (Å²) in [5, 5.41) is 0. The Morgan fingerprint density at radius 1 is 1.27 bits per heavy atom. The predicted octanol–water partition coefficient (Wildman–Crippen LogP) is 2.91. The number of hydrogen-bond donors (Lipinski definition) is 0. The van der Waals surface area contributed by atoms with E-state index in [0.29, 0.717) is 6.61 Å². The molecule has 0 aromatic carbocycles. The Labute approximate surface area is 101 Å². The van der Waals surface area contributed by atoms with Crippen LogP contribution in [0.25, 0.3) is 0 Å². The minimum absolute atomic E-state index is 0.143. The molecule has 0 fully saturated rings. The van der Waals surface area contributed by atoms with Crippen LogP contribution >= 0.6 is 15.9 Å². The van der Waals surface area contributed by atoms with Crippen molar-refractivity contribution in [2.45, 2.75) is 50.5 Å². The lowest BCUT2D eigenvalue weighted by Gasteiger charge is -2.22. The number of ether oxygens (including phenoxy) is 2. The van der Waals surface area contributed by atoms with Crippen molar-refractivity contribution < 1.29 is 14.3 Å². The summed E-state index contributed by atoms with van der Waals surface area (Å²) in [7, 11) is 1.69. The van der Waals surface area contributed by atoms with Gasteiger partial charge in [0.15, 0.2) is 0 Å². The van der Waals surface area contributed by atoms with Crippen LogP contribution in [-0.2, 0) is 14.3 Å². The Morgan fingerprint density at radius 3 is 2.20 bits per heavy atom. The molecule has 15 heavy (non-hydrogen) atoms. The van der Waals surface area contributed by atoms with Crippen LogP contribution in [0.5, 0.6) is 0 Å². The standard InChI is InChI=1S/C11H21BrO3/c1-10(2,14-5)7-6-8-15-9(13)11(3,4)12/h6-8H2,1-5H3. The van der Waals surface area contributed by atoms with Crippen molar-refractivity contribution in [2.75, 3.05) is 13.7 Å². The second-order valence-corrected chi connectivity index (χ2v) is 6.66. The molecule has 0 saturated heterocycles. The maximum Gasteiger partial charge on any atom is 0.322 e.